The smallest absolute Gasteiger partial charge is 0.264 e. The van der Waals surface area contributed by atoms with Crippen molar-refractivity contribution in [2.75, 3.05) is 0 Å². The molecule has 6 nitrogen and oxygen atoms in total. The van der Waals surface area contributed by atoms with Gasteiger partial charge < -0.3 is 13.7 Å². The fourth-order valence-corrected chi connectivity index (χ4v) is 3.29. The van der Waals surface area contributed by atoms with Crippen LogP contribution in [0.25, 0.3) is 11.6 Å². The first-order valence-corrected chi connectivity index (χ1v) is 9.49. The van der Waals surface area contributed by atoms with Crippen molar-refractivity contribution >= 4 is 23.2 Å². The molecule has 0 fully saturated rings. The fourth-order valence-electron chi connectivity index (χ4n) is 2.88. The minimum Gasteiger partial charge on any atom is -0.453 e. The Bertz CT molecular complexity index is 1280. The molecule has 4 aromatic rings. The van der Waals surface area contributed by atoms with Gasteiger partial charge in [0, 0.05) is 23.8 Å². The third-order valence-electron chi connectivity index (χ3n) is 4.32. The Kier molecular flexibility index (Phi) is 5.44. The Morgan fingerprint density at radius 2 is 2.03 bits per heavy atom. The van der Waals surface area contributed by atoms with Gasteiger partial charge in [-0.05, 0) is 36.4 Å². The number of nitrogens with zero attached hydrogens (tertiary/aromatic N) is 4. The van der Waals surface area contributed by atoms with E-state index < -0.39 is 5.82 Å². The SMILES string of the molecule is Cn1cccc1-c1nnc(Cc2ccc(Cl)c(Oc3cc(Cl)cc(C#N)c3)c2F)o1. The molecule has 0 spiro atoms. The minimum absolute atomic E-state index is 0.0514. The van der Waals surface area contributed by atoms with Crippen molar-refractivity contribution in [1.82, 2.24) is 14.8 Å². The van der Waals surface area contributed by atoms with Crippen molar-refractivity contribution in [3.63, 3.8) is 0 Å². The molecule has 9 heteroatoms. The molecule has 2 heterocycles. The van der Waals surface area contributed by atoms with E-state index in [2.05, 4.69) is 10.2 Å². The summed E-state index contributed by atoms with van der Waals surface area (Å²) in [4.78, 5) is 0. The highest BCUT2D eigenvalue weighted by molar-refractivity contribution is 6.32. The summed E-state index contributed by atoms with van der Waals surface area (Å²) in [6.45, 7) is 0. The first-order chi connectivity index (χ1) is 14.4. The lowest BCUT2D eigenvalue weighted by Crippen LogP contribution is -1.98. The zero-order valence-corrected chi connectivity index (χ0v) is 17.1. The molecule has 0 atom stereocenters. The predicted octanol–water partition coefficient (Wildman–Crippen LogP) is 5.78. The van der Waals surface area contributed by atoms with E-state index in [4.69, 9.17) is 37.6 Å². The van der Waals surface area contributed by atoms with Crippen molar-refractivity contribution in [2.24, 2.45) is 7.05 Å². The molecule has 0 bridgehead atoms. The van der Waals surface area contributed by atoms with Crippen molar-refractivity contribution < 1.29 is 13.5 Å². The van der Waals surface area contributed by atoms with Crippen LogP contribution in [0.4, 0.5) is 4.39 Å². The lowest BCUT2D eigenvalue weighted by Gasteiger charge is -2.11. The van der Waals surface area contributed by atoms with Crippen LogP contribution in [-0.2, 0) is 13.5 Å². The lowest BCUT2D eigenvalue weighted by molar-refractivity contribution is 0.437. The second-order valence-corrected chi connectivity index (χ2v) is 7.26. The Morgan fingerprint density at radius 1 is 1.20 bits per heavy atom. The number of halogens is 3. The summed E-state index contributed by atoms with van der Waals surface area (Å²) >= 11 is 12.1. The Morgan fingerprint density at radius 3 is 2.77 bits per heavy atom. The number of ether oxygens (including phenoxy) is 1. The van der Waals surface area contributed by atoms with Gasteiger partial charge in [0.1, 0.15) is 11.4 Å². The number of hydrogen-bond donors (Lipinski definition) is 0. The summed E-state index contributed by atoms with van der Waals surface area (Å²) in [5.74, 6) is -0.0675. The Hall–Kier alpha value is -3.34. The standard InChI is InChI=1S/C21H13Cl2FN4O2/c1-28-6-2-3-17(28)21-27-26-18(30-21)9-13-4-5-16(23)20(19(13)24)29-15-8-12(11-25)7-14(22)10-15/h2-8,10H,9H2,1H3. The van der Waals surface area contributed by atoms with Crippen molar-refractivity contribution in [3.8, 4) is 29.2 Å². The highest BCUT2D eigenvalue weighted by Gasteiger charge is 2.19. The molecule has 0 amide bonds. The minimum atomic E-state index is -0.667. The average molecular weight is 443 g/mol. The molecule has 2 aromatic carbocycles. The van der Waals surface area contributed by atoms with Crippen LogP contribution in [0.2, 0.25) is 10.0 Å². The topological polar surface area (TPSA) is 76.9 Å². The van der Waals surface area contributed by atoms with E-state index >= 15 is 4.39 Å². The summed E-state index contributed by atoms with van der Waals surface area (Å²) in [5.41, 5.74) is 1.30. The molecule has 0 radical (unpaired) electrons. The van der Waals surface area contributed by atoms with Gasteiger partial charge in [0.25, 0.3) is 5.89 Å². The third-order valence-corrected chi connectivity index (χ3v) is 4.84. The first kappa shape index (κ1) is 20.0. The van der Waals surface area contributed by atoms with Gasteiger partial charge in [-0.15, -0.1) is 10.2 Å². The van der Waals surface area contributed by atoms with Gasteiger partial charge in [-0.1, -0.05) is 29.3 Å². The highest BCUT2D eigenvalue weighted by atomic mass is 35.5. The zero-order valence-electron chi connectivity index (χ0n) is 15.6. The fraction of sp³-hybridized carbons (Fsp3) is 0.0952. The Labute approximate surface area is 181 Å². The van der Waals surface area contributed by atoms with Crippen LogP contribution in [0.3, 0.4) is 0 Å². The van der Waals surface area contributed by atoms with E-state index in [1.165, 1.54) is 30.3 Å². The van der Waals surface area contributed by atoms with E-state index in [9.17, 15) is 0 Å². The van der Waals surface area contributed by atoms with E-state index in [-0.39, 0.29) is 45.0 Å². The molecule has 150 valence electrons. The molecule has 0 saturated carbocycles. The van der Waals surface area contributed by atoms with Crippen LogP contribution >= 0.6 is 23.2 Å². The molecule has 0 aliphatic carbocycles. The van der Waals surface area contributed by atoms with Crippen LogP contribution in [-0.4, -0.2) is 14.8 Å². The van der Waals surface area contributed by atoms with E-state index in [1.54, 1.807) is 0 Å². The second kappa shape index (κ2) is 8.19. The molecular formula is C21H13Cl2FN4O2. The number of benzene rings is 2. The molecule has 0 unspecified atom stereocenters. The van der Waals surface area contributed by atoms with Gasteiger partial charge in [0.15, 0.2) is 11.6 Å². The maximum atomic E-state index is 15.1. The normalized spacial score (nSPS) is 10.8. The summed E-state index contributed by atoms with van der Waals surface area (Å²) < 4.78 is 28.2. The van der Waals surface area contributed by atoms with Gasteiger partial charge in [-0.3, -0.25) is 0 Å². The molecule has 0 saturated heterocycles. The molecular weight excluding hydrogens is 430 g/mol. The van der Waals surface area contributed by atoms with Crippen molar-refractivity contribution in [3.05, 3.63) is 81.5 Å². The van der Waals surface area contributed by atoms with Gasteiger partial charge in [0.2, 0.25) is 5.89 Å². The molecule has 0 aliphatic rings. The lowest BCUT2D eigenvalue weighted by atomic mass is 10.1. The van der Waals surface area contributed by atoms with Crippen LogP contribution in [0, 0.1) is 17.1 Å². The number of nitriles is 1. The van der Waals surface area contributed by atoms with Crippen molar-refractivity contribution in [2.45, 2.75) is 6.42 Å². The first-order valence-electron chi connectivity index (χ1n) is 8.74. The second-order valence-electron chi connectivity index (χ2n) is 6.42. The molecule has 2 aromatic heterocycles. The predicted molar refractivity (Wildman–Crippen MR) is 109 cm³/mol. The number of aromatic nitrogens is 3. The van der Waals surface area contributed by atoms with Gasteiger partial charge in [0.05, 0.1) is 23.1 Å². The monoisotopic (exact) mass is 442 g/mol. The summed E-state index contributed by atoms with van der Waals surface area (Å²) in [6, 6.07) is 13.1. The summed E-state index contributed by atoms with van der Waals surface area (Å²) in [5, 5.41) is 17.4. The van der Waals surface area contributed by atoms with Gasteiger partial charge in [-0.25, -0.2) is 4.39 Å². The number of rotatable bonds is 5. The van der Waals surface area contributed by atoms with Crippen LogP contribution < -0.4 is 4.74 Å². The van der Waals surface area contributed by atoms with E-state index in [0.717, 1.165) is 5.69 Å². The highest BCUT2D eigenvalue weighted by Crippen LogP contribution is 2.36. The third kappa shape index (κ3) is 4.01. The molecule has 0 N–H and O–H groups in total. The maximum Gasteiger partial charge on any atom is 0.264 e. The number of hydrogen-bond acceptors (Lipinski definition) is 5. The summed E-state index contributed by atoms with van der Waals surface area (Å²) in [6.07, 6.45) is 1.91. The van der Waals surface area contributed by atoms with Crippen LogP contribution in [0.15, 0.2) is 53.1 Å². The molecule has 30 heavy (non-hydrogen) atoms. The maximum absolute atomic E-state index is 15.1. The molecule has 4 rings (SSSR count). The van der Waals surface area contributed by atoms with E-state index in [0.29, 0.717) is 5.89 Å². The molecule has 0 aliphatic heterocycles. The van der Waals surface area contributed by atoms with Crippen LogP contribution in [0.1, 0.15) is 17.0 Å². The Balaban J connectivity index is 1.62. The van der Waals surface area contributed by atoms with Crippen molar-refractivity contribution in [1.29, 1.82) is 5.26 Å². The van der Waals surface area contributed by atoms with Gasteiger partial charge >= 0.3 is 0 Å². The number of aryl methyl sites for hydroxylation is 1. The quantitative estimate of drug-likeness (QED) is 0.391. The zero-order chi connectivity index (χ0) is 21.3. The van der Waals surface area contributed by atoms with Crippen LogP contribution in [0.5, 0.6) is 11.5 Å². The van der Waals surface area contributed by atoms with Gasteiger partial charge in [-0.2, -0.15) is 5.26 Å². The average Bonchev–Trinajstić information content (AvgIpc) is 3.35. The van der Waals surface area contributed by atoms with E-state index in [1.807, 2.05) is 36.0 Å². The largest absolute Gasteiger partial charge is 0.453 e. The summed E-state index contributed by atoms with van der Waals surface area (Å²) in [7, 11) is 1.86.